The first-order chi connectivity index (χ1) is 9.94. The number of hydrogen-bond donors (Lipinski definition) is 1. The van der Waals surface area contributed by atoms with Gasteiger partial charge in [0.2, 0.25) is 5.28 Å². The molecular formula is C15H22ClN5. The molecule has 2 saturated heterocycles. The fraction of sp³-hybridized carbons (Fsp3) is 0.667. The normalized spacial score (nSPS) is 23.6. The van der Waals surface area contributed by atoms with Crippen molar-refractivity contribution in [3.05, 3.63) is 17.0 Å². The summed E-state index contributed by atoms with van der Waals surface area (Å²) >= 11 is 5.36. The van der Waals surface area contributed by atoms with Crippen LogP contribution in [0.25, 0.3) is 0 Å². The zero-order chi connectivity index (χ0) is 15.5. The number of nitriles is 1. The summed E-state index contributed by atoms with van der Waals surface area (Å²) in [5.74, 6) is 0.113. The second kappa shape index (κ2) is 6.59. The molecule has 0 saturated carbocycles. The summed E-state index contributed by atoms with van der Waals surface area (Å²) in [4.78, 5) is 9.85. The van der Waals surface area contributed by atoms with Crippen LogP contribution in [0.15, 0.2) is 6.20 Å². The standard InChI is InChI=1S/C10H19N.C5H3ClN4/c1-10(2)7-3-5-9-6-4-8-11(9)10;6-5-9-2-3(1-7)4(8)10-5/h9H,3-8H2,1-2H3;2H,(H2,8,9,10). The molecule has 0 aliphatic carbocycles. The number of nitrogens with zero attached hydrogens (tertiary/aromatic N) is 4. The predicted octanol–water partition coefficient (Wildman–Crippen LogP) is 3.00. The number of piperidine rings is 1. The maximum atomic E-state index is 8.36. The Balaban J connectivity index is 0.000000155. The van der Waals surface area contributed by atoms with Gasteiger partial charge in [0.25, 0.3) is 0 Å². The lowest BCUT2D eigenvalue weighted by molar-refractivity contribution is 0.0567. The summed E-state index contributed by atoms with van der Waals surface area (Å²) in [7, 11) is 0. The molecule has 2 N–H and O–H groups in total. The number of halogens is 1. The monoisotopic (exact) mass is 307 g/mol. The fourth-order valence-electron chi connectivity index (χ4n) is 3.31. The van der Waals surface area contributed by atoms with Crippen LogP contribution in [-0.2, 0) is 0 Å². The minimum Gasteiger partial charge on any atom is -0.382 e. The molecule has 0 bridgehead atoms. The highest BCUT2D eigenvalue weighted by Gasteiger charge is 2.38. The van der Waals surface area contributed by atoms with Crippen LogP contribution in [0.1, 0.15) is 51.5 Å². The van der Waals surface area contributed by atoms with E-state index < -0.39 is 0 Å². The van der Waals surface area contributed by atoms with Gasteiger partial charge >= 0.3 is 0 Å². The maximum absolute atomic E-state index is 8.36. The molecule has 21 heavy (non-hydrogen) atoms. The average Bonchev–Trinajstić information content (AvgIpc) is 2.89. The minimum absolute atomic E-state index is 0.0523. The summed E-state index contributed by atoms with van der Waals surface area (Å²) in [6, 6.07) is 2.76. The smallest absolute Gasteiger partial charge is 0.224 e. The Morgan fingerprint density at radius 1 is 1.43 bits per heavy atom. The van der Waals surface area contributed by atoms with E-state index >= 15 is 0 Å². The van der Waals surface area contributed by atoms with Gasteiger partial charge in [-0.1, -0.05) is 6.42 Å². The van der Waals surface area contributed by atoms with E-state index in [4.69, 9.17) is 22.6 Å². The van der Waals surface area contributed by atoms with Crippen LogP contribution in [0.5, 0.6) is 0 Å². The van der Waals surface area contributed by atoms with Gasteiger partial charge in [-0.3, -0.25) is 4.90 Å². The largest absolute Gasteiger partial charge is 0.382 e. The number of fused-ring (bicyclic) bond motifs is 1. The van der Waals surface area contributed by atoms with E-state index in [9.17, 15) is 0 Å². The second-order valence-electron chi connectivity index (χ2n) is 6.24. The Morgan fingerprint density at radius 3 is 2.76 bits per heavy atom. The first-order valence-electron chi connectivity index (χ1n) is 7.39. The van der Waals surface area contributed by atoms with E-state index in [0.717, 1.165) is 6.04 Å². The summed E-state index contributed by atoms with van der Waals surface area (Å²) < 4.78 is 0. The second-order valence-corrected chi connectivity index (χ2v) is 6.58. The number of nitrogens with two attached hydrogens (primary N) is 1. The van der Waals surface area contributed by atoms with Crippen molar-refractivity contribution in [1.29, 1.82) is 5.26 Å². The molecule has 2 aliphatic heterocycles. The first-order valence-corrected chi connectivity index (χ1v) is 7.77. The molecule has 0 amide bonds. The van der Waals surface area contributed by atoms with Crippen molar-refractivity contribution in [3.63, 3.8) is 0 Å². The van der Waals surface area contributed by atoms with Crippen LogP contribution in [0.3, 0.4) is 0 Å². The van der Waals surface area contributed by atoms with Gasteiger partial charge in [-0.15, -0.1) is 0 Å². The Hall–Kier alpha value is -1.38. The van der Waals surface area contributed by atoms with Crippen molar-refractivity contribution >= 4 is 17.4 Å². The molecule has 5 nitrogen and oxygen atoms in total. The molecule has 3 rings (SSSR count). The fourth-order valence-corrected chi connectivity index (χ4v) is 3.45. The van der Waals surface area contributed by atoms with Gasteiger partial charge in [0.15, 0.2) is 0 Å². The lowest BCUT2D eigenvalue weighted by Gasteiger charge is -2.44. The molecule has 1 unspecified atom stereocenters. The molecule has 0 aromatic carbocycles. The van der Waals surface area contributed by atoms with E-state index in [1.165, 1.54) is 44.8 Å². The summed E-state index contributed by atoms with van der Waals surface area (Å²) in [5, 5.41) is 8.41. The average molecular weight is 308 g/mol. The molecule has 3 heterocycles. The molecule has 2 fully saturated rings. The molecule has 1 atom stereocenters. The third-order valence-corrected chi connectivity index (χ3v) is 4.57. The quantitative estimate of drug-likeness (QED) is 0.745. The number of anilines is 1. The maximum Gasteiger partial charge on any atom is 0.224 e. The van der Waals surface area contributed by atoms with Crippen LogP contribution < -0.4 is 5.73 Å². The van der Waals surface area contributed by atoms with Gasteiger partial charge < -0.3 is 5.73 Å². The van der Waals surface area contributed by atoms with Crippen LogP contribution >= 0.6 is 11.6 Å². The Labute approximate surface area is 131 Å². The minimum atomic E-state index is 0.0523. The Bertz CT molecular complexity index is 537. The van der Waals surface area contributed by atoms with Gasteiger partial charge in [0, 0.05) is 11.6 Å². The lowest BCUT2D eigenvalue weighted by Crippen LogP contribution is -2.49. The molecule has 0 radical (unpaired) electrons. The van der Waals surface area contributed by atoms with E-state index in [1.54, 1.807) is 0 Å². The number of aromatic nitrogens is 2. The Morgan fingerprint density at radius 2 is 2.14 bits per heavy atom. The SMILES string of the molecule is CC1(C)CCCC2CCCN21.N#Cc1cnc(Cl)nc1N. The highest BCUT2D eigenvalue weighted by molar-refractivity contribution is 6.28. The van der Waals surface area contributed by atoms with Crippen molar-refractivity contribution in [3.8, 4) is 6.07 Å². The van der Waals surface area contributed by atoms with E-state index in [2.05, 4.69) is 28.7 Å². The van der Waals surface area contributed by atoms with Crippen LogP contribution in [0, 0.1) is 11.3 Å². The molecule has 2 aliphatic rings. The van der Waals surface area contributed by atoms with E-state index in [1.807, 2.05) is 6.07 Å². The summed E-state index contributed by atoms with van der Waals surface area (Å²) in [6.07, 6.45) is 8.50. The summed E-state index contributed by atoms with van der Waals surface area (Å²) in [5.41, 5.74) is 6.03. The predicted molar refractivity (Wildman–Crippen MR) is 83.8 cm³/mol. The number of hydrogen-bond acceptors (Lipinski definition) is 5. The van der Waals surface area contributed by atoms with Gasteiger partial charge in [-0.05, 0) is 57.7 Å². The van der Waals surface area contributed by atoms with Gasteiger partial charge in [0.1, 0.15) is 17.5 Å². The van der Waals surface area contributed by atoms with Gasteiger partial charge in [-0.25, -0.2) is 4.98 Å². The molecule has 1 aromatic heterocycles. The van der Waals surface area contributed by atoms with E-state index in [-0.39, 0.29) is 16.7 Å². The zero-order valence-corrected chi connectivity index (χ0v) is 13.4. The van der Waals surface area contributed by atoms with Crippen molar-refractivity contribution < 1.29 is 0 Å². The Kier molecular flexibility index (Phi) is 5.02. The third-order valence-electron chi connectivity index (χ3n) is 4.39. The van der Waals surface area contributed by atoms with Crippen LogP contribution in [-0.4, -0.2) is 33.0 Å². The van der Waals surface area contributed by atoms with Gasteiger partial charge in [-0.2, -0.15) is 10.2 Å². The molecular weight excluding hydrogens is 286 g/mol. The van der Waals surface area contributed by atoms with Crippen molar-refractivity contribution in [2.75, 3.05) is 12.3 Å². The molecule has 0 spiro atoms. The molecule has 1 aromatic rings. The first kappa shape index (κ1) is 16.0. The third kappa shape index (κ3) is 3.84. The van der Waals surface area contributed by atoms with Crippen molar-refractivity contribution in [2.45, 2.75) is 57.5 Å². The topological polar surface area (TPSA) is 78.8 Å². The van der Waals surface area contributed by atoms with Crippen molar-refractivity contribution in [2.24, 2.45) is 0 Å². The van der Waals surface area contributed by atoms with Gasteiger partial charge in [0.05, 0.1) is 6.20 Å². The number of rotatable bonds is 0. The zero-order valence-electron chi connectivity index (χ0n) is 12.6. The van der Waals surface area contributed by atoms with Crippen LogP contribution in [0.4, 0.5) is 5.82 Å². The highest BCUT2D eigenvalue weighted by Crippen LogP contribution is 2.36. The number of nitrogen functional groups attached to an aromatic ring is 1. The lowest BCUT2D eigenvalue weighted by atomic mass is 9.87. The highest BCUT2D eigenvalue weighted by atomic mass is 35.5. The summed E-state index contributed by atoms with van der Waals surface area (Å²) in [6.45, 7) is 6.17. The molecule has 6 heteroatoms. The van der Waals surface area contributed by atoms with Crippen LogP contribution in [0.2, 0.25) is 5.28 Å². The van der Waals surface area contributed by atoms with Crippen molar-refractivity contribution in [1.82, 2.24) is 14.9 Å². The van der Waals surface area contributed by atoms with E-state index in [0.29, 0.717) is 5.54 Å². The molecule has 114 valence electrons.